The molecule has 118 valence electrons. The summed E-state index contributed by atoms with van der Waals surface area (Å²) in [5, 5.41) is 14.7. The number of anilines is 1. The van der Waals surface area contributed by atoms with Gasteiger partial charge in [-0.1, -0.05) is 17.4 Å². The van der Waals surface area contributed by atoms with Crippen molar-refractivity contribution in [2.45, 2.75) is 13.0 Å². The van der Waals surface area contributed by atoms with Gasteiger partial charge in [0.05, 0.1) is 15.1 Å². The highest BCUT2D eigenvalue weighted by Gasteiger charge is 2.09. The quantitative estimate of drug-likeness (QED) is 0.426. The number of rotatable bonds is 6. The standard InChI is InChI=1S/C15H14N4O3S/c20-14-4-1-2-8-18(14)9-3-7-16-15-17-12-6-5-11(19(21)22)10-13(12)23-15/h1-2,4-6,8,10H,3,7,9H2,(H,16,17). The molecule has 0 spiro atoms. The molecule has 0 aliphatic heterocycles. The SMILES string of the molecule is O=c1ccccn1CCCNc1nc2ccc([N+](=O)[O-])cc2s1. The minimum atomic E-state index is -0.413. The number of aromatic nitrogens is 2. The monoisotopic (exact) mass is 330 g/mol. The lowest BCUT2D eigenvalue weighted by Crippen LogP contribution is -2.19. The molecule has 3 rings (SSSR count). The van der Waals surface area contributed by atoms with Gasteiger partial charge in [-0.3, -0.25) is 14.9 Å². The lowest BCUT2D eigenvalue weighted by molar-refractivity contribution is -0.384. The number of non-ortho nitro benzene ring substituents is 1. The molecule has 0 unspecified atom stereocenters. The van der Waals surface area contributed by atoms with Crippen LogP contribution in [0.4, 0.5) is 10.8 Å². The van der Waals surface area contributed by atoms with Crippen molar-refractivity contribution in [3.05, 3.63) is 63.1 Å². The van der Waals surface area contributed by atoms with Crippen molar-refractivity contribution >= 4 is 32.4 Å². The molecule has 1 N–H and O–H groups in total. The van der Waals surface area contributed by atoms with Gasteiger partial charge in [-0.2, -0.15) is 0 Å². The Morgan fingerprint density at radius 3 is 2.96 bits per heavy atom. The number of aryl methyl sites for hydroxylation is 1. The number of nitro groups is 1. The Bertz CT molecular complexity index is 903. The van der Waals surface area contributed by atoms with E-state index < -0.39 is 4.92 Å². The average Bonchev–Trinajstić information content (AvgIpc) is 2.94. The van der Waals surface area contributed by atoms with E-state index in [0.29, 0.717) is 13.1 Å². The molecule has 2 aromatic heterocycles. The number of nitrogens with one attached hydrogen (secondary N) is 1. The average molecular weight is 330 g/mol. The number of hydrogen-bond acceptors (Lipinski definition) is 6. The number of hydrogen-bond donors (Lipinski definition) is 1. The van der Waals surface area contributed by atoms with Crippen LogP contribution in [-0.2, 0) is 6.54 Å². The first-order valence-electron chi connectivity index (χ1n) is 7.08. The van der Waals surface area contributed by atoms with E-state index in [1.54, 1.807) is 22.9 Å². The largest absolute Gasteiger partial charge is 0.361 e. The van der Waals surface area contributed by atoms with E-state index in [1.807, 2.05) is 6.07 Å². The smallest absolute Gasteiger partial charge is 0.270 e. The van der Waals surface area contributed by atoms with Crippen LogP contribution in [0.2, 0.25) is 0 Å². The van der Waals surface area contributed by atoms with Crippen LogP contribution in [0.5, 0.6) is 0 Å². The van der Waals surface area contributed by atoms with Crippen LogP contribution in [0, 0.1) is 10.1 Å². The van der Waals surface area contributed by atoms with Gasteiger partial charge in [0.15, 0.2) is 5.13 Å². The highest BCUT2D eigenvalue weighted by molar-refractivity contribution is 7.22. The summed E-state index contributed by atoms with van der Waals surface area (Å²) in [6.07, 6.45) is 2.54. The second-order valence-corrected chi connectivity index (χ2v) is 5.97. The van der Waals surface area contributed by atoms with E-state index in [1.165, 1.54) is 29.5 Å². The number of pyridine rings is 1. The Kier molecular flexibility index (Phi) is 4.33. The zero-order valence-electron chi connectivity index (χ0n) is 12.1. The van der Waals surface area contributed by atoms with Crippen molar-refractivity contribution in [2.75, 3.05) is 11.9 Å². The molecule has 0 aliphatic rings. The van der Waals surface area contributed by atoms with E-state index in [-0.39, 0.29) is 11.2 Å². The fraction of sp³-hybridized carbons (Fsp3) is 0.200. The van der Waals surface area contributed by atoms with Gasteiger partial charge in [0.2, 0.25) is 5.56 Å². The van der Waals surface area contributed by atoms with Crippen LogP contribution in [0.25, 0.3) is 10.2 Å². The zero-order valence-corrected chi connectivity index (χ0v) is 13.0. The van der Waals surface area contributed by atoms with Gasteiger partial charge in [-0.25, -0.2) is 4.98 Å². The predicted octanol–water partition coefficient (Wildman–Crippen LogP) is 2.87. The van der Waals surface area contributed by atoms with Crippen LogP contribution >= 0.6 is 11.3 Å². The molecule has 0 saturated heterocycles. The van der Waals surface area contributed by atoms with E-state index in [2.05, 4.69) is 10.3 Å². The van der Waals surface area contributed by atoms with Gasteiger partial charge in [-0.05, 0) is 18.6 Å². The van der Waals surface area contributed by atoms with Crippen LogP contribution in [0.15, 0.2) is 47.4 Å². The molecule has 1 aromatic carbocycles. The summed E-state index contributed by atoms with van der Waals surface area (Å²) >= 11 is 1.38. The number of benzene rings is 1. The second kappa shape index (κ2) is 6.57. The van der Waals surface area contributed by atoms with Crippen molar-refractivity contribution in [2.24, 2.45) is 0 Å². The highest BCUT2D eigenvalue weighted by Crippen LogP contribution is 2.28. The topological polar surface area (TPSA) is 90.1 Å². The molecular weight excluding hydrogens is 316 g/mol. The number of thiazole rings is 1. The molecule has 2 heterocycles. The summed E-state index contributed by atoms with van der Waals surface area (Å²) in [7, 11) is 0. The maximum absolute atomic E-state index is 11.6. The molecule has 8 heteroatoms. The summed E-state index contributed by atoms with van der Waals surface area (Å²) in [5.74, 6) is 0. The third kappa shape index (κ3) is 3.54. The van der Waals surface area contributed by atoms with Gasteiger partial charge in [-0.15, -0.1) is 0 Å². The minimum Gasteiger partial charge on any atom is -0.361 e. The van der Waals surface area contributed by atoms with Gasteiger partial charge in [0.25, 0.3) is 5.69 Å². The third-order valence-electron chi connectivity index (χ3n) is 3.33. The molecule has 7 nitrogen and oxygen atoms in total. The first-order valence-corrected chi connectivity index (χ1v) is 7.89. The summed E-state index contributed by atoms with van der Waals surface area (Å²) < 4.78 is 2.43. The van der Waals surface area contributed by atoms with Crippen molar-refractivity contribution in [3.8, 4) is 0 Å². The van der Waals surface area contributed by atoms with Gasteiger partial charge < -0.3 is 9.88 Å². The van der Waals surface area contributed by atoms with Crippen molar-refractivity contribution < 1.29 is 4.92 Å². The molecule has 0 aliphatic carbocycles. The molecule has 0 bridgehead atoms. The van der Waals surface area contributed by atoms with E-state index in [4.69, 9.17) is 0 Å². The fourth-order valence-corrected chi connectivity index (χ4v) is 3.12. The Morgan fingerprint density at radius 1 is 1.30 bits per heavy atom. The zero-order chi connectivity index (χ0) is 16.2. The lowest BCUT2D eigenvalue weighted by Gasteiger charge is -2.05. The molecule has 0 saturated carbocycles. The number of fused-ring (bicyclic) bond motifs is 1. The van der Waals surface area contributed by atoms with Crippen molar-refractivity contribution in [1.82, 2.24) is 9.55 Å². The molecule has 0 radical (unpaired) electrons. The Balaban J connectivity index is 1.60. The van der Waals surface area contributed by atoms with Crippen LogP contribution in [0.1, 0.15) is 6.42 Å². The first-order chi connectivity index (χ1) is 11.1. The molecule has 0 atom stereocenters. The molecular formula is C15H14N4O3S. The summed E-state index contributed by atoms with van der Waals surface area (Å²) in [6, 6.07) is 9.72. The normalized spacial score (nSPS) is 10.8. The Labute approximate surface area is 135 Å². The minimum absolute atomic E-state index is 0.0141. The van der Waals surface area contributed by atoms with Crippen LogP contribution in [-0.4, -0.2) is 21.0 Å². The predicted molar refractivity (Wildman–Crippen MR) is 90.1 cm³/mol. The summed E-state index contributed by atoms with van der Waals surface area (Å²) in [6.45, 7) is 1.30. The van der Waals surface area contributed by atoms with Crippen molar-refractivity contribution in [1.29, 1.82) is 0 Å². The van der Waals surface area contributed by atoms with Gasteiger partial charge in [0.1, 0.15) is 0 Å². The fourth-order valence-electron chi connectivity index (χ4n) is 2.19. The summed E-state index contributed by atoms with van der Waals surface area (Å²) in [4.78, 5) is 26.3. The Morgan fingerprint density at radius 2 is 2.17 bits per heavy atom. The second-order valence-electron chi connectivity index (χ2n) is 4.94. The molecule has 0 amide bonds. The van der Waals surface area contributed by atoms with Gasteiger partial charge >= 0.3 is 0 Å². The third-order valence-corrected chi connectivity index (χ3v) is 4.31. The highest BCUT2D eigenvalue weighted by atomic mass is 32.1. The van der Waals surface area contributed by atoms with E-state index in [0.717, 1.165) is 21.8 Å². The van der Waals surface area contributed by atoms with Gasteiger partial charge in [0, 0.05) is 37.5 Å². The van der Waals surface area contributed by atoms with Crippen LogP contribution < -0.4 is 10.9 Å². The van der Waals surface area contributed by atoms with Crippen LogP contribution in [0.3, 0.4) is 0 Å². The van der Waals surface area contributed by atoms with Crippen molar-refractivity contribution in [3.63, 3.8) is 0 Å². The number of nitro benzene ring substituents is 1. The maximum Gasteiger partial charge on any atom is 0.270 e. The summed E-state index contributed by atoms with van der Waals surface area (Å²) in [5.41, 5.74) is 0.790. The van der Waals surface area contributed by atoms with E-state index in [9.17, 15) is 14.9 Å². The maximum atomic E-state index is 11.6. The molecule has 23 heavy (non-hydrogen) atoms. The molecule has 0 fully saturated rings. The molecule has 3 aromatic rings. The first kappa shape index (κ1) is 15.2. The number of nitrogens with zero attached hydrogens (tertiary/aromatic N) is 3. The van der Waals surface area contributed by atoms with E-state index >= 15 is 0 Å². The lowest BCUT2D eigenvalue weighted by atomic mass is 10.3. The Hall–Kier alpha value is -2.74.